The first kappa shape index (κ1) is 10.0. The molecule has 2 nitrogen and oxygen atoms in total. The molecule has 0 N–H and O–H groups in total. The standard InChI is InChI=1S/C14H11FN2/c15-14-6-2-1-4-11(14)8-12-10-17-7-3-5-13(17)9-16-12/h1-7,9-10H,8H2. The summed E-state index contributed by atoms with van der Waals surface area (Å²) in [4.78, 5) is 4.33. The van der Waals surface area contributed by atoms with Gasteiger partial charge in [-0.05, 0) is 23.8 Å². The van der Waals surface area contributed by atoms with Gasteiger partial charge in [-0.15, -0.1) is 0 Å². The van der Waals surface area contributed by atoms with Crippen LogP contribution in [0.3, 0.4) is 0 Å². The first-order chi connectivity index (χ1) is 8.33. The summed E-state index contributed by atoms with van der Waals surface area (Å²) in [6.07, 6.45) is 6.21. The number of fused-ring (bicyclic) bond motifs is 1. The fourth-order valence-corrected chi connectivity index (χ4v) is 1.90. The molecule has 84 valence electrons. The van der Waals surface area contributed by atoms with Crippen molar-refractivity contribution in [1.82, 2.24) is 9.38 Å². The van der Waals surface area contributed by atoms with Crippen LogP contribution in [0.25, 0.3) is 5.52 Å². The quantitative estimate of drug-likeness (QED) is 0.656. The van der Waals surface area contributed by atoms with Crippen molar-refractivity contribution in [3.8, 4) is 0 Å². The topological polar surface area (TPSA) is 17.3 Å². The minimum absolute atomic E-state index is 0.179. The molecule has 3 heteroatoms. The van der Waals surface area contributed by atoms with Crippen LogP contribution in [0.5, 0.6) is 0 Å². The average molecular weight is 226 g/mol. The van der Waals surface area contributed by atoms with Crippen molar-refractivity contribution in [2.75, 3.05) is 0 Å². The van der Waals surface area contributed by atoms with E-state index in [2.05, 4.69) is 4.98 Å². The van der Waals surface area contributed by atoms with E-state index in [0.717, 1.165) is 11.2 Å². The summed E-state index contributed by atoms with van der Waals surface area (Å²) in [7, 11) is 0. The third-order valence-electron chi connectivity index (χ3n) is 2.79. The van der Waals surface area contributed by atoms with Gasteiger partial charge in [-0.3, -0.25) is 4.98 Å². The fraction of sp³-hybridized carbons (Fsp3) is 0.0714. The number of nitrogens with zero attached hydrogens (tertiary/aromatic N) is 2. The third-order valence-corrected chi connectivity index (χ3v) is 2.79. The van der Waals surface area contributed by atoms with Crippen LogP contribution in [0, 0.1) is 5.82 Å². The summed E-state index contributed by atoms with van der Waals surface area (Å²) in [5.74, 6) is -0.179. The second-order valence-electron chi connectivity index (χ2n) is 3.99. The van der Waals surface area contributed by atoms with Crippen molar-refractivity contribution in [1.29, 1.82) is 0 Å². The number of hydrogen-bond donors (Lipinski definition) is 0. The average Bonchev–Trinajstić information content (AvgIpc) is 2.79. The van der Waals surface area contributed by atoms with Gasteiger partial charge in [0.1, 0.15) is 5.82 Å². The second-order valence-corrected chi connectivity index (χ2v) is 3.99. The maximum absolute atomic E-state index is 13.5. The molecule has 3 rings (SSSR count). The Morgan fingerprint density at radius 1 is 1.12 bits per heavy atom. The highest BCUT2D eigenvalue weighted by molar-refractivity contribution is 5.45. The maximum Gasteiger partial charge on any atom is 0.126 e. The van der Waals surface area contributed by atoms with Crippen molar-refractivity contribution in [3.05, 3.63) is 72.1 Å². The van der Waals surface area contributed by atoms with E-state index >= 15 is 0 Å². The highest BCUT2D eigenvalue weighted by atomic mass is 19.1. The molecule has 0 aliphatic carbocycles. The van der Waals surface area contributed by atoms with Crippen LogP contribution < -0.4 is 0 Å². The summed E-state index contributed by atoms with van der Waals surface area (Å²) in [5, 5.41) is 0. The van der Waals surface area contributed by atoms with Crippen LogP contribution in [0.2, 0.25) is 0 Å². The van der Waals surface area contributed by atoms with Crippen LogP contribution >= 0.6 is 0 Å². The Balaban J connectivity index is 1.97. The Labute approximate surface area is 98.4 Å². The zero-order chi connectivity index (χ0) is 11.7. The van der Waals surface area contributed by atoms with Crippen molar-refractivity contribution < 1.29 is 4.39 Å². The van der Waals surface area contributed by atoms with E-state index in [1.165, 1.54) is 6.07 Å². The number of halogens is 1. The van der Waals surface area contributed by atoms with Crippen LogP contribution in [-0.2, 0) is 6.42 Å². The molecule has 0 saturated carbocycles. The van der Waals surface area contributed by atoms with Crippen LogP contribution in [0.1, 0.15) is 11.3 Å². The molecule has 0 saturated heterocycles. The van der Waals surface area contributed by atoms with Crippen molar-refractivity contribution in [2.45, 2.75) is 6.42 Å². The van der Waals surface area contributed by atoms with Gasteiger partial charge < -0.3 is 4.40 Å². The molecule has 2 heterocycles. The maximum atomic E-state index is 13.5. The lowest BCUT2D eigenvalue weighted by atomic mass is 10.1. The highest BCUT2D eigenvalue weighted by Crippen LogP contribution is 2.12. The molecule has 3 aromatic rings. The van der Waals surface area contributed by atoms with Gasteiger partial charge in [0.05, 0.1) is 17.4 Å². The molecule has 0 spiro atoms. The van der Waals surface area contributed by atoms with Gasteiger partial charge in [-0.25, -0.2) is 4.39 Å². The SMILES string of the molecule is Fc1ccccc1Cc1cn2cccc2cn1. The summed E-state index contributed by atoms with van der Waals surface area (Å²) < 4.78 is 15.5. The lowest BCUT2D eigenvalue weighted by Gasteiger charge is -2.03. The molecule has 0 amide bonds. The minimum atomic E-state index is -0.179. The lowest BCUT2D eigenvalue weighted by Crippen LogP contribution is -1.97. The number of rotatable bonds is 2. The molecule has 0 aliphatic rings. The summed E-state index contributed by atoms with van der Waals surface area (Å²) in [5.41, 5.74) is 2.58. The molecular formula is C14H11FN2. The molecule has 0 unspecified atom stereocenters. The molecule has 0 bridgehead atoms. The van der Waals surface area contributed by atoms with E-state index in [1.807, 2.05) is 35.0 Å². The van der Waals surface area contributed by atoms with Crippen LogP contribution in [-0.4, -0.2) is 9.38 Å². The van der Waals surface area contributed by atoms with E-state index in [-0.39, 0.29) is 5.82 Å². The zero-order valence-corrected chi connectivity index (χ0v) is 9.18. The third kappa shape index (κ3) is 1.91. The monoisotopic (exact) mass is 226 g/mol. The van der Waals surface area contributed by atoms with Gasteiger partial charge in [0.2, 0.25) is 0 Å². The predicted octanol–water partition coefficient (Wildman–Crippen LogP) is 3.06. The van der Waals surface area contributed by atoms with Gasteiger partial charge in [-0.2, -0.15) is 0 Å². The van der Waals surface area contributed by atoms with E-state index in [9.17, 15) is 4.39 Å². The Bertz CT molecular complexity index is 658. The van der Waals surface area contributed by atoms with Gasteiger partial charge >= 0.3 is 0 Å². The molecule has 2 aromatic heterocycles. The van der Waals surface area contributed by atoms with Crippen molar-refractivity contribution in [2.24, 2.45) is 0 Å². The zero-order valence-electron chi connectivity index (χ0n) is 9.18. The smallest absolute Gasteiger partial charge is 0.126 e. The predicted molar refractivity (Wildman–Crippen MR) is 64.4 cm³/mol. The Hall–Kier alpha value is -2.16. The second kappa shape index (κ2) is 4.01. The Morgan fingerprint density at radius 2 is 2.00 bits per heavy atom. The molecule has 0 atom stereocenters. The normalized spacial score (nSPS) is 10.9. The Kier molecular flexibility index (Phi) is 2.37. The molecular weight excluding hydrogens is 215 g/mol. The Morgan fingerprint density at radius 3 is 2.88 bits per heavy atom. The van der Waals surface area contributed by atoms with E-state index in [0.29, 0.717) is 12.0 Å². The first-order valence-corrected chi connectivity index (χ1v) is 5.48. The number of aromatic nitrogens is 2. The molecule has 17 heavy (non-hydrogen) atoms. The molecule has 0 aliphatic heterocycles. The van der Waals surface area contributed by atoms with E-state index < -0.39 is 0 Å². The van der Waals surface area contributed by atoms with Crippen LogP contribution in [0.15, 0.2) is 55.0 Å². The molecule has 0 radical (unpaired) electrons. The largest absolute Gasteiger partial charge is 0.321 e. The van der Waals surface area contributed by atoms with Gasteiger partial charge in [0, 0.05) is 18.8 Å². The number of hydrogen-bond acceptors (Lipinski definition) is 1. The summed E-state index contributed by atoms with van der Waals surface area (Å²) in [6, 6.07) is 10.7. The van der Waals surface area contributed by atoms with Crippen LogP contribution in [0.4, 0.5) is 4.39 Å². The van der Waals surface area contributed by atoms with Crippen molar-refractivity contribution in [3.63, 3.8) is 0 Å². The highest BCUT2D eigenvalue weighted by Gasteiger charge is 2.04. The fourth-order valence-electron chi connectivity index (χ4n) is 1.90. The first-order valence-electron chi connectivity index (χ1n) is 5.48. The minimum Gasteiger partial charge on any atom is -0.321 e. The number of benzene rings is 1. The van der Waals surface area contributed by atoms with E-state index in [4.69, 9.17) is 0 Å². The van der Waals surface area contributed by atoms with Gasteiger partial charge in [0.25, 0.3) is 0 Å². The molecule has 0 fully saturated rings. The lowest BCUT2D eigenvalue weighted by molar-refractivity contribution is 0.613. The summed E-state index contributed by atoms with van der Waals surface area (Å²) >= 11 is 0. The summed E-state index contributed by atoms with van der Waals surface area (Å²) in [6.45, 7) is 0. The van der Waals surface area contributed by atoms with Crippen molar-refractivity contribution >= 4 is 5.52 Å². The van der Waals surface area contributed by atoms with Gasteiger partial charge in [-0.1, -0.05) is 18.2 Å². The van der Waals surface area contributed by atoms with Gasteiger partial charge in [0.15, 0.2) is 0 Å². The molecule has 1 aromatic carbocycles. The van der Waals surface area contributed by atoms with E-state index in [1.54, 1.807) is 18.3 Å².